The third-order valence-corrected chi connectivity index (χ3v) is 5.26. The lowest BCUT2D eigenvalue weighted by Gasteiger charge is -2.14. The van der Waals surface area contributed by atoms with Crippen molar-refractivity contribution < 1.29 is 24.2 Å². The standard InChI is InChI=1S/C24H44O5/c1-3-5-7-9-11-12-14-16-22(25)18-21(19-23(26)27)20-24(28)29-17-15-13-10-8-6-4-2/h21H,3-20H2,1-2H3,(H,26,27). The van der Waals surface area contributed by atoms with Crippen LogP contribution in [-0.4, -0.2) is 29.4 Å². The van der Waals surface area contributed by atoms with Gasteiger partial charge in [0.15, 0.2) is 0 Å². The molecule has 0 bridgehead atoms. The van der Waals surface area contributed by atoms with Gasteiger partial charge in [-0.25, -0.2) is 0 Å². The molecular weight excluding hydrogens is 368 g/mol. The number of carbonyl (C=O) groups excluding carboxylic acids is 2. The number of hydrogen-bond acceptors (Lipinski definition) is 4. The van der Waals surface area contributed by atoms with Crippen LogP contribution >= 0.6 is 0 Å². The Balaban J connectivity index is 4.00. The molecule has 5 heteroatoms. The molecule has 0 heterocycles. The van der Waals surface area contributed by atoms with Crippen molar-refractivity contribution in [3.63, 3.8) is 0 Å². The number of aliphatic carboxylic acids is 1. The number of rotatable bonds is 21. The van der Waals surface area contributed by atoms with Gasteiger partial charge >= 0.3 is 11.9 Å². The Morgan fingerprint density at radius 1 is 0.690 bits per heavy atom. The van der Waals surface area contributed by atoms with Crippen LogP contribution < -0.4 is 0 Å². The van der Waals surface area contributed by atoms with E-state index in [1.165, 1.54) is 44.9 Å². The van der Waals surface area contributed by atoms with E-state index in [4.69, 9.17) is 9.84 Å². The van der Waals surface area contributed by atoms with Gasteiger partial charge in [-0.2, -0.15) is 0 Å². The molecule has 0 aliphatic carbocycles. The van der Waals surface area contributed by atoms with Crippen LogP contribution in [0.3, 0.4) is 0 Å². The van der Waals surface area contributed by atoms with Gasteiger partial charge in [0, 0.05) is 25.7 Å². The molecule has 0 aromatic heterocycles. The van der Waals surface area contributed by atoms with Crippen molar-refractivity contribution in [1.82, 2.24) is 0 Å². The molecule has 170 valence electrons. The Labute approximate surface area is 178 Å². The molecule has 1 unspecified atom stereocenters. The molecule has 0 spiro atoms. The second-order valence-corrected chi connectivity index (χ2v) is 8.27. The van der Waals surface area contributed by atoms with E-state index in [1.54, 1.807) is 0 Å². The molecule has 0 aliphatic rings. The molecule has 0 rings (SSSR count). The number of esters is 1. The zero-order valence-electron chi connectivity index (χ0n) is 18.9. The molecule has 0 aromatic carbocycles. The van der Waals surface area contributed by atoms with E-state index in [-0.39, 0.29) is 31.0 Å². The predicted octanol–water partition coefficient (Wildman–Crippen LogP) is 6.47. The van der Waals surface area contributed by atoms with Crippen LogP contribution in [0.2, 0.25) is 0 Å². The molecule has 0 amide bonds. The van der Waals surface area contributed by atoms with E-state index in [1.807, 2.05) is 0 Å². The number of hydrogen-bond donors (Lipinski definition) is 1. The number of carboxylic acids is 1. The molecule has 1 atom stereocenters. The van der Waals surface area contributed by atoms with Gasteiger partial charge in [0.2, 0.25) is 0 Å². The monoisotopic (exact) mass is 412 g/mol. The largest absolute Gasteiger partial charge is 0.481 e. The van der Waals surface area contributed by atoms with Gasteiger partial charge in [0.1, 0.15) is 5.78 Å². The summed E-state index contributed by atoms with van der Waals surface area (Å²) in [7, 11) is 0. The minimum absolute atomic E-state index is 0.0187. The summed E-state index contributed by atoms with van der Waals surface area (Å²) in [6.07, 6.45) is 15.2. The second-order valence-electron chi connectivity index (χ2n) is 8.27. The van der Waals surface area contributed by atoms with Crippen molar-refractivity contribution in [2.24, 2.45) is 5.92 Å². The maximum absolute atomic E-state index is 12.2. The Morgan fingerprint density at radius 2 is 1.21 bits per heavy atom. The fraction of sp³-hybridized carbons (Fsp3) is 0.875. The normalized spacial score (nSPS) is 11.9. The fourth-order valence-corrected chi connectivity index (χ4v) is 3.53. The summed E-state index contributed by atoms with van der Waals surface area (Å²) >= 11 is 0. The summed E-state index contributed by atoms with van der Waals surface area (Å²) in [5.74, 6) is -1.74. The van der Waals surface area contributed by atoms with Crippen molar-refractivity contribution in [2.45, 2.75) is 123 Å². The molecule has 0 aromatic rings. The summed E-state index contributed by atoms with van der Waals surface area (Å²) in [5, 5.41) is 9.08. The zero-order chi connectivity index (χ0) is 21.7. The number of unbranched alkanes of at least 4 members (excludes halogenated alkanes) is 11. The summed E-state index contributed by atoms with van der Waals surface area (Å²) < 4.78 is 5.24. The van der Waals surface area contributed by atoms with Gasteiger partial charge in [-0.15, -0.1) is 0 Å². The van der Waals surface area contributed by atoms with Crippen LogP contribution in [0.1, 0.15) is 123 Å². The first kappa shape index (κ1) is 27.6. The van der Waals surface area contributed by atoms with E-state index in [2.05, 4.69) is 13.8 Å². The summed E-state index contributed by atoms with van der Waals surface area (Å²) in [6, 6.07) is 0. The number of carboxylic acid groups (broad SMARTS) is 1. The van der Waals surface area contributed by atoms with Crippen molar-refractivity contribution in [3.8, 4) is 0 Å². The van der Waals surface area contributed by atoms with Crippen LogP contribution in [0.5, 0.6) is 0 Å². The minimum atomic E-state index is -0.970. The predicted molar refractivity (Wildman–Crippen MR) is 117 cm³/mol. The van der Waals surface area contributed by atoms with Gasteiger partial charge in [-0.1, -0.05) is 84.5 Å². The van der Waals surface area contributed by atoms with Crippen LogP contribution in [0, 0.1) is 5.92 Å². The Hall–Kier alpha value is -1.39. The van der Waals surface area contributed by atoms with Gasteiger partial charge in [-0.05, 0) is 18.8 Å². The molecular formula is C24H44O5. The highest BCUT2D eigenvalue weighted by Crippen LogP contribution is 2.18. The van der Waals surface area contributed by atoms with Crippen LogP contribution in [0.15, 0.2) is 0 Å². The summed E-state index contributed by atoms with van der Waals surface area (Å²) in [5.41, 5.74) is 0. The highest BCUT2D eigenvalue weighted by atomic mass is 16.5. The zero-order valence-corrected chi connectivity index (χ0v) is 18.9. The Bertz CT molecular complexity index is 401. The molecule has 0 radical (unpaired) electrons. The van der Waals surface area contributed by atoms with E-state index >= 15 is 0 Å². The SMILES string of the molecule is CCCCCCCCCC(=O)CC(CC(=O)O)CC(=O)OCCCCCCCC. The van der Waals surface area contributed by atoms with E-state index < -0.39 is 11.9 Å². The maximum Gasteiger partial charge on any atom is 0.306 e. The average molecular weight is 413 g/mol. The Morgan fingerprint density at radius 3 is 1.76 bits per heavy atom. The second kappa shape index (κ2) is 19.9. The number of Topliss-reactive ketones (excluding diaryl/α,β-unsaturated/α-hetero) is 1. The highest BCUT2D eigenvalue weighted by molar-refractivity contribution is 5.80. The van der Waals surface area contributed by atoms with Crippen LogP contribution in [0.4, 0.5) is 0 Å². The topological polar surface area (TPSA) is 80.7 Å². The number of ketones is 1. The van der Waals surface area contributed by atoms with Gasteiger partial charge in [-0.3, -0.25) is 14.4 Å². The number of carbonyl (C=O) groups is 3. The molecule has 29 heavy (non-hydrogen) atoms. The van der Waals surface area contributed by atoms with Crippen molar-refractivity contribution >= 4 is 17.7 Å². The lowest BCUT2D eigenvalue weighted by Crippen LogP contribution is -2.18. The van der Waals surface area contributed by atoms with E-state index in [9.17, 15) is 14.4 Å². The van der Waals surface area contributed by atoms with Crippen molar-refractivity contribution in [2.75, 3.05) is 6.61 Å². The Kier molecular flexibility index (Phi) is 19.0. The maximum atomic E-state index is 12.2. The summed E-state index contributed by atoms with van der Waals surface area (Å²) in [4.78, 5) is 35.3. The molecule has 0 aliphatic heterocycles. The van der Waals surface area contributed by atoms with E-state index in [0.29, 0.717) is 13.0 Å². The van der Waals surface area contributed by atoms with Gasteiger partial charge in [0.25, 0.3) is 0 Å². The van der Waals surface area contributed by atoms with Gasteiger partial charge < -0.3 is 9.84 Å². The van der Waals surface area contributed by atoms with Crippen LogP contribution in [-0.2, 0) is 19.1 Å². The highest BCUT2D eigenvalue weighted by Gasteiger charge is 2.21. The van der Waals surface area contributed by atoms with Crippen molar-refractivity contribution in [3.05, 3.63) is 0 Å². The third kappa shape index (κ3) is 19.7. The number of ether oxygens (including phenoxy) is 1. The van der Waals surface area contributed by atoms with Crippen LogP contribution in [0.25, 0.3) is 0 Å². The first-order valence-corrected chi connectivity index (χ1v) is 11.9. The third-order valence-electron chi connectivity index (χ3n) is 5.26. The smallest absolute Gasteiger partial charge is 0.306 e. The molecule has 0 saturated heterocycles. The average Bonchev–Trinajstić information content (AvgIpc) is 2.66. The molecule has 1 N–H and O–H groups in total. The first-order valence-electron chi connectivity index (χ1n) is 11.9. The van der Waals surface area contributed by atoms with Crippen molar-refractivity contribution in [1.29, 1.82) is 0 Å². The fourth-order valence-electron chi connectivity index (χ4n) is 3.53. The lowest BCUT2D eigenvalue weighted by molar-refractivity contribution is -0.145. The first-order chi connectivity index (χ1) is 14.0. The molecule has 5 nitrogen and oxygen atoms in total. The van der Waals surface area contributed by atoms with Gasteiger partial charge in [0.05, 0.1) is 6.61 Å². The summed E-state index contributed by atoms with van der Waals surface area (Å²) in [6.45, 7) is 4.75. The minimum Gasteiger partial charge on any atom is -0.481 e. The molecule has 0 saturated carbocycles. The molecule has 0 fully saturated rings. The van der Waals surface area contributed by atoms with E-state index in [0.717, 1.165) is 38.5 Å². The quantitative estimate of drug-likeness (QED) is 0.172. The lowest BCUT2D eigenvalue weighted by atomic mass is 9.93.